The molecular formula is C14H11ClN4O2S. The summed E-state index contributed by atoms with van der Waals surface area (Å²) in [5.74, 6) is 0.797. The Morgan fingerprint density at radius 2 is 2.32 bits per heavy atom. The monoisotopic (exact) mass is 334 g/mol. The SMILES string of the molecule is O=C(CCc1nc(-c2cccs2)no1)Nc1ccncc1Cl. The van der Waals surface area contributed by atoms with Gasteiger partial charge in [-0.1, -0.05) is 22.8 Å². The molecule has 0 radical (unpaired) electrons. The van der Waals surface area contributed by atoms with Crippen LogP contribution in [-0.2, 0) is 11.2 Å². The lowest BCUT2D eigenvalue weighted by molar-refractivity contribution is -0.116. The number of halogens is 1. The zero-order chi connectivity index (χ0) is 15.4. The first-order chi connectivity index (χ1) is 10.7. The van der Waals surface area contributed by atoms with E-state index in [1.807, 2.05) is 17.5 Å². The number of nitrogens with zero attached hydrogens (tertiary/aromatic N) is 3. The number of anilines is 1. The highest BCUT2D eigenvalue weighted by Gasteiger charge is 2.12. The summed E-state index contributed by atoms with van der Waals surface area (Å²) in [6.07, 6.45) is 3.63. The van der Waals surface area contributed by atoms with E-state index in [9.17, 15) is 4.79 Å². The summed E-state index contributed by atoms with van der Waals surface area (Å²) in [5.41, 5.74) is 0.534. The lowest BCUT2D eigenvalue weighted by Gasteiger charge is -2.05. The predicted octanol–water partition coefficient (Wildman–Crippen LogP) is 3.42. The van der Waals surface area contributed by atoms with E-state index in [0.717, 1.165) is 4.88 Å². The second-order valence-electron chi connectivity index (χ2n) is 4.39. The van der Waals surface area contributed by atoms with Crippen LogP contribution in [0, 0.1) is 0 Å². The minimum atomic E-state index is -0.177. The Labute approximate surface area is 135 Å². The number of carbonyl (C=O) groups excluding carboxylic acids is 1. The topological polar surface area (TPSA) is 80.9 Å². The molecule has 0 atom stereocenters. The summed E-state index contributed by atoms with van der Waals surface area (Å²) in [6.45, 7) is 0. The van der Waals surface area contributed by atoms with Crippen LogP contribution < -0.4 is 5.32 Å². The van der Waals surface area contributed by atoms with Crippen molar-refractivity contribution in [2.45, 2.75) is 12.8 Å². The Kier molecular flexibility index (Phi) is 4.45. The van der Waals surface area contributed by atoms with Gasteiger partial charge in [0.25, 0.3) is 0 Å². The van der Waals surface area contributed by atoms with Crippen molar-refractivity contribution in [2.24, 2.45) is 0 Å². The van der Waals surface area contributed by atoms with Gasteiger partial charge < -0.3 is 9.84 Å². The first-order valence-electron chi connectivity index (χ1n) is 6.48. The summed E-state index contributed by atoms with van der Waals surface area (Å²) in [4.78, 5) is 21.0. The van der Waals surface area contributed by atoms with Crippen LogP contribution in [0.4, 0.5) is 5.69 Å². The number of amides is 1. The third-order valence-electron chi connectivity index (χ3n) is 2.82. The number of hydrogen-bond donors (Lipinski definition) is 1. The number of thiophene rings is 1. The van der Waals surface area contributed by atoms with Crippen LogP contribution in [0.1, 0.15) is 12.3 Å². The minimum Gasteiger partial charge on any atom is -0.339 e. The molecular weight excluding hydrogens is 324 g/mol. The van der Waals surface area contributed by atoms with Crippen LogP contribution in [-0.4, -0.2) is 21.0 Å². The smallest absolute Gasteiger partial charge is 0.227 e. The van der Waals surface area contributed by atoms with Crippen molar-refractivity contribution >= 4 is 34.5 Å². The lowest BCUT2D eigenvalue weighted by atomic mass is 10.3. The summed E-state index contributed by atoms with van der Waals surface area (Å²) in [6, 6.07) is 5.47. The molecule has 0 aromatic carbocycles. The van der Waals surface area contributed by atoms with Crippen LogP contribution >= 0.6 is 22.9 Å². The molecule has 112 valence electrons. The molecule has 3 aromatic heterocycles. The van der Waals surface area contributed by atoms with E-state index in [4.69, 9.17) is 16.1 Å². The average Bonchev–Trinajstić information content (AvgIpc) is 3.18. The van der Waals surface area contributed by atoms with Gasteiger partial charge in [0, 0.05) is 25.2 Å². The molecule has 0 fully saturated rings. The van der Waals surface area contributed by atoms with Crippen molar-refractivity contribution in [3.63, 3.8) is 0 Å². The maximum Gasteiger partial charge on any atom is 0.227 e. The molecule has 0 aliphatic rings. The van der Waals surface area contributed by atoms with Gasteiger partial charge in [-0.2, -0.15) is 4.98 Å². The lowest BCUT2D eigenvalue weighted by Crippen LogP contribution is -2.12. The van der Waals surface area contributed by atoms with Crippen LogP contribution in [0.25, 0.3) is 10.7 Å². The quantitative estimate of drug-likeness (QED) is 0.773. The maximum atomic E-state index is 11.9. The fourth-order valence-electron chi connectivity index (χ4n) is 1.77. The van der Waals surface area contributed by atoms with Crippen molar-refractivity contribution < 1.29 is 9.32 Å². The molecule has 0 spiro atoms. The van der Waals surface area contributed by atoms with Gasteiger partial charge in [-0.3, -0.25) is 9.78 Å². The highest BCUT2D eigenvalue weighted by atomic mass is 35.5. The molecule has 0 bridgehead atoms. The maximum absolute atomic E-state index is 11.9. The number of carbonyl (C=O) groups is 1. The van der Waals surface area contributed by atoms with Crippen LogP contribution in [0.2, 0.25) is 5.02 Å². The van der Waals surface area contributed by atoms with Gasteiger partial charge in [0.05, 0.1) is 15.6 Å². The van der Waals surface area contributed by atoms with Crippen molar-refractivity contribution in [1.29, 1.82) is 0 Å². The molecule has 1 N–H and O–H groups in total. The second kappa shape index (κ2) is 6.67. The molecule has 8 heteroatoms. The van der Waals surface area contributed by atoms with E-state index in [2.05, 4.69) is 20.4 Å². The first kappa shape index (κ1) is 14.7. The third-order valence-corrected chi connectivity index (χ3v) is 3.99. The normalized spacial score (nSPS) is 10.6. The molecule has 0 aliphatic heterocycles. The third kappa shape index (κ3) is 3.49. The Hall–Kier alpha value is -2.25. The molecule has 0 aliphatic carbocycles. The largest absolute Gasteiger partial charge is 0.339 e. The summed E-state index contributed by atoms with van der Waals surface area (Å²) >= 11 is 7.46. The number of rotatable bonds is 5. The summed E-state index contributed by atoms with van der Waals surface area (Å²) in [5, 5.41) is 8.95. The van der Waals surface area contributed by atoms with Gasteiger partial charge in [0.15, 0.2) is 0 Å². The second-order valence-corrected chi connectivity index (χ2v) is 5.75. The van der Waals surface area contributed by atoms with Crippen molar-refractivity contribution in [3.05, 3.63) is 46.9 Å². The number of nitrogens with one attached hydrogen (secondary N) is 1. The molecule has 0 saturated carbocycles. The zero-order valence-corrected chi connectivity index (χ0v) is 12.9. The molecule has 22 heavy (non-hydrogen) atoms. The van der Waals surface area contributed by atoms with Gasteiger partial charge in [0.1, 0.15) is 0 Å². The Morgan fingerprint density at radius 3 is 3.09 bits per heavy atom. The highest BCUT2D eigenvalue weighted by Crippen LogP contribution is 2.22. The predicted molar refractivity (Wildman–Crippen MR) is 83.8 cm³/mol. The van der Waals surface area contributed by atoms with E-state index in [1.54, 1.807) is 12.3 Å². The van der Waals surface area contributed by atoms with E-state index in [1.165, 1.54) is 17.5 Å². The van der Waals surface area contributed by atoms with Crippen LogP contribution in [0.3, 0.4) is 0 Å². The van der Waals surface area contributed by atoms with Crippen molar-refractivity contribution in [1.82, 2.24) is 15.1 Å². The molecule has 0 unspecified atom stereocenters. The van der Waals surface area contributed by atoms with Crippen molar-refractivity contribution in [3.8, 4) is 10.7 Å². The number of pyridine rings is 1. The Morgan fingerprint density at radius 1 is 1.41 bits per heavy atom. The van der Waals surface area contributed by atoms with E-state index >= 15 is 0 Å². The molecule has 1 amide bonds. The minimum absolute atomic E-state index is 0.177. The van der Waals surface area contributed by atoms with E-state index in [0.29, 0.717) is 28.8 Å². The van der Waals surface area contributed by atoms with Crippen LogP contribution in [0.5, 0.6) is 0 Å². The number of aryl methyl sites for hydroxylation is 1. The molecule has 3 heterocycles. The number of hydrogen-bond acceptors (Lipinski definition) is 6. The summed E-state index contributed by atoms with van der Waals surface area (Å²) < 4.78 is 5.14. The number of aromatic nitrogens is 3. The average molecular weight is 335 g/mol. The van der Waals surface area contributed by atoms with Gasteiger partial charge in [0.2, 0.25) is 17.6 Å². The first-order valence-corrected chi connectivity index (χ1v) is 7.74. The Bertz CT molecular complexity index is 773. The zero-order valence-electron chi connectivity index (χ0n) is 11.3. The molecule has 0 saturated heterocycles. The van der Waals surface area contributed by atoms with Gasteiger partial charge >= 0.3 is 0 Å². The molecule has 3 aromatic rings. The van der Waals surface area contributed by atoms with E-state index < -0.39 is 0 Å². The van der Waals surface area contributed by atoms with Crippen molar-refractivity contribution in [2.75, 3.05) is 5.32 Å². The standard InChI is InChI=1S/C14H11ClN4O2S/c15-9-8-16-6-5-10(9)17-12(20)3-4-13-18-14(19-21-13)11-2-1-7-22-11/h1-2,5-8H,3-4H2,(H,16,17,20). The fourth-order valence-corrected chi connectivity index (χ4v) is 2.59. The van der Waals surface area contributed by atoms with Gasteiger partial charge in [-0.05, 0) is 17.5 Å². The Balaban J connectivity index is 1.56. The molecule has 6 nitrogen and oxygen atoms in total. The molecule has 3 rings (SSSR count). The van der Waals surface area contributed by atoms with E-state index in [-0.39, 0.29) is 12.3 Å². The van der Waals surface area contributed by atoms with Gasteiger partial charge in [-0.15, -0.1) is 11.3 Å². The summed E-state index contributed by atoms with van der Waals surface area (Å²) in [7, 11) is 0. The van der Waals surface area contributed by atoms with Crippen LogP contribution in [0.15, 0.2) is 40.5 Å². The van der Waals surface area contributed by atoms with Gasteiger partial charge in [-0.25, -0.2) is 0 Å². The fraction of sp³-hybridized carbons (Fsp3) is 0.143. The highest BCUT2D eigenvalue weighted by molar-refractivity contribution is 7.13.